The molecule has 5 nitrogen and oxygen atoms in total. The molecule has 1 aromatic carbocycles. The number of hydrogen-bond acceptors (Lipinski definition) is 4. The van der Waals surface area contributed by atoms with Gasteiger partial charge in [-0.3, -0.25) is 0 Å². The van der Waals surface area contributed by atoms with Crippen molar-refractivity contribution in [3.63, 3.8) is 0 Å². The van der Waals surface area contributed by atoms with E-state index in [4.69, 9.17) is 5.26 Å². The molecule has 1 aliphatic heterocycles. The molecule has 1 saturated heterocycles. The van der Waals surface area contributed by atoms with E-state index in [0.717, 1.165) is 16.7 Å². The van der Waals surface area contributed by atoms with Crippen molar-refractivity contribution in [3.8, 4) is 6.07 Å². The summed E-state index contributed by atoms with van der Waals surface area (Å²) in [6.07, 6.45) is 0. The van der Waals surface area contributed by atoms with Crippen molar-refractivity contribution in [2.75, 3.05) is 24.5 Å². The number of anilines is 1. The second kappa shape index (κ2) is 5.38. The smallest absolute Gasteiger partial charge is 0.327 e. The normalized spacial score (nSPS) is 19.3. The Morgan fingerprint density at radius 3 is 3.00 bits per heavy atom. The summed E-state index contributed by atoms with van der Waals surface area (Å²) in [7, 11) is 0. The van der Waals surface area contributed by atoms with E-state index >= 15 is 0 Å². The van der Waals surface area contributed by atoms with Crippen molar-refractivity contribution >= 4 is 27.6 Å². The van der Waals surface area contributed by atoms with E-state index in [1.54, 1.807) is 12.1 Å². The number of piperazine rings is 1. The van der Waals surface area contributed by atoms with Crippen molar-refractivity contribution in [1.29, 1.82) is 5.26 Å². The van der Waals surface area contributed by atoms with E-state index in [1.165, 1.54) is 0 Å². The van der Waals surface area contributed by atoms with Crippen molar-refractivity contribution in [1.82, 2.24) is 5.32 Å². The number of aliphatic carboxylic acids is 1. The molecule has 0 saturated carbocycles. The molecular formula is C12H12BrN3O2. The molecule has 1 unspecified atom stereocenters. The van der Waals surface area contributed by atoms with Crippen molar-refractivity contribution in [2.24, 2.45) is 0 Å². The van der Waals surface area contributed by atoms with Crippen molar-refractivity contribution < 1.29 is 9.90 Å². The van der Waals surface area contributed by atoms with Gasteiger partial charge >= 0.3 is 5.97 Å². The molecule has 1 aromatic rings. The van der Waals surface area contributed by atoms with Gasteiger partial charge in [0.25, 0.3) is 0 Å². The van der Waals surface area contributed by atoms with Crippen LogP contribution in [0.15, 0.2) is 22.7 Å². The molecule has 18 heavy (non-hydrogen) atoms. The van der Waals surface area contributed by atoms with Gasteiger partial charge in [-0.2, -0.15) is 5.26 Å². The van der Waals surface area contributed by atoms with Crippen LogP contribution < -0.4 is 10.2 Å². The summed E-state index contributed by atoms with van der Waals surface area (Å²) in [6, 6.07) is 6.73. The first-order valence-electron chi connectivity index (χ1n) is 5.52. The van der Waals surface area contributed by atoms with Crippen LogP contribution >= 0.6 is 15.9 Å². The molecule has 6 heteroatoms. The van der Waals surface area contributed by atoms with Crippen molar-refractivity contribution in [2.45, 2.75) is 6.04 Å². The van der Waals surface area contributed by atoms with Crippen LogP contribution in [0.3, 0.4) is 0 Å². The first-order chi connectivity index (χ1) is 8.61. The highest BCUT2D eigenvalue weighted by Gasteiger charge is 2.28. The molecule has 0 aromatic heterocycles. The predicted octanol–water partition coefficient (Wildman–Crippen LogP) is 1.18. The standard InChI is InChI=1S/C12H12BrN3O2/c13-9-3-8(6-14)4-10(5-9)16-2-1-15-7-11(16)12(17)18/h3-5,11,15H,1-2,7H2,(H,17,18). The zero-order valence-electron chi connectivity index (χ0n) is 9.56. The summed E-state index contributed by atoms with van der Waals surface area (Å²) in [5.74, 6) is -0.860. The van der Waals surface area contributed by atoms with Crippen LogP contribution in [0.1, 0.15) is 5.56 Å². The molecule has 0 spiro atoms. The summed E-state index contributed by atoms with van der Waals surface area (Å²) < 4.78 is 0.777. The fourth-order valence-electron chi connectivity index (χ4n) is 2.04. The van der Waals surface area contributed by atoms with E-state index in [0.29, 0.717) is 18.7 Å². The van der Waals surface area contributed by atoms with Crippen LogP contribution in [-0.4, -0.2) is 36.8 Å². The van der Waals surface area contributed by atoms with Gasteiger partial charge in [-0.25, -0.2) is 4.79 Å². The monoisotopic (exact) mass is 309 g/mol. The molecule has 0 amide bonds. The number of carbonyl (C=O) groups is 1. The van der Waals surface area contributed by atoms with Gasteiger partial charge in [-0.1, -0.05) is 15.9 Å². The molecule has 1 heterocycles. The number of nitrogens with one attached hydrogen (secondary N) is 1. The maximum Gasteiger partial charge on any atom is 0.327 e. The van der Waals surface area contributed by atoms with Gasteiger partial charge in [0.2, 0.25) is 0 Å². The summed E-state index contributed by atoms with van der Waals surface area (Å²) in [4.78, 5) is 13.0. The molecular weight excluding hydrogens is 298 g/mol. The van der Waals surface area contributed by atoms with Crippen molar-refractivity contribution in [3.05, 3.63) is 28.2 Å². The minimum absolute atomic E-state index is 0.406. The fourth-order valence-corrected chi connectivity index (χ4v) is 2.52. The molecule has 0 bridgehead atoms. The Bertz CT molecular complexity index is 513. The number of carboxylic acid groups (broad SMARTS) is 1. The molecule has 1 fully saturated rings. The lowest BCUT2D eigenvalue weighted by Gasteiger charge is -2.35. The maximum atomic E-state index is 11.2. The van der Waals surface area contributed by atoms with Gasteiger partial charge in [0.15, 0.2) is 0 Å². The highest BCUT2D eigenvalue weighted by Crippen LogP contribution is 2.25. The zero-order valence-corrected chi connectivity index (χ0v) is 11.1. The second-order valence-electron chi connectivity index (χ2n) is 4.06. The molecule has 94 valence electrons. The van der Waals surface area contributed by atoms with E-state index in [2.05, 4.69) is 27.3 Å². The number of nitriles is 1. The molecule has 0 aliphatic carbocycles. The Hall–Kier alpha value is -1.58. The second-order valence-corrected chi connectivity index (χ2v) is 4.98. The summed E-state index contributed by atoms with van der Waals surface area (Å²) in [5.41, 5.74) is 1.27. The number of carboxylic acids is 1. The first kappa shape index (κ1) is 12.9. The Balaban J connectivity index is 2.36. The number of hydrogen-bond donors (Lipinski definition) is 2. The lowest BCUT2D eigenvalue weighted by Crippen LogP contribution is -2.55. The highest BCUT2D eigenvalue weighted by molar-refractivity contribution is 9.10. The van der Waals surface area contributed by atoms with E-state index < -0.39 is 12.0 Å². The fraction of sp³-hybridized carbons (Fsp3) is 0.333. The number of rotatable bonds is 2. The number of benzene rings is 1. The van der Waals surface area contributed by atoms with Crippen LogP contribution in [0.2, 0.25) is 0 Å². The van der Waals surface area contributed by atoms with Crippen LogP contribution in [0.4, 0.5) is 5.69 Å². The Kier molecular flexibility index (Phi) is 3.84. The molecule has 0 radical (unpaired) electrons. The quantitative estimate of drug-likeness (QED) is 0.858. The third kappa shape index (κ3) is 2.63. The van der Waals surface area contributed by atoms with Gasteiger partial charge in [0, 0.05) is 29.8 Å². The summed E-state index contributed by atoms with van der Waals surface area (Å²) >= 11 is 3.34. The average Bonchev–Trinajstić information content (AvgIpc) is 2.38. The lowest BCUT2D eigenvalue weighted by molar-refractivity contribution is -0.138. The van der Waals surface area contributed by atoms with E-state index in [9.17, 15) is 9.90 Å². The average molecular weight is 310 g/mol. The molecule has 2 rings (SSSR count). The van der Waals surface area contributed by atoms with Gasteiger partial charge in [0.1, 0.15) is 6.04 Å². The van der Waals surface area contributed by atoms with E-state index in [1.807, 2.05) is 11.0 Å². The number of halogens is 1. The minimum atomic E-state index is -0.860. The largest absolute Gasteiger partial charge is 0.480 e. The first-order valence-corrected chi connectivity index (χ1v) is 6.32. The lowest BCUT2D eigenvalue weighted by atomic mass is 10.1. The summed E-state index contributed by atoms with van der Waals surface area (Å²) in [5, 5.41) is 21.2. The Labute approximate surface area is 113 Å². The predicted molar refractivity (Wildman–Crippen MR) is 70.5 cm³/mol. The van der Waals surface area contributed by atoms with Crippen LogP contribution in [0, 0.1) is 11.3 Å². The van der Waals surface area contributed by atoms with Gasteiger partial charge < -0.3 is 15.3 Å². The Morgan fingerprint density at radius 1 is 1.56 bits per heavy atom. The molecule has 2 N–H and O–H groups in total. The topological polar surface area (TPSA) is 76.4 Å². The van der Waals surface area contributed by atoms with Gasteiger partial charge in [-0.15, -0.1) is 0 Å². The van der Waals surface area contributed by atoms with Gasteiger partial charge in [-0.05, 0) is 18.2 Å². The van der Waals surface area contributed by atoms with Crippen LogP contribution in [0.5, 0.6) is 0 Å². The van der Waals surface area contributed by atoms with Crippen LogP contribution in [0.25, 0.3) is 0 Å². The zero-order chi connectivity index (χ0) is 13.1. The summed E-state index contributed by atoms with van der Waals surface area (Å²) in [6.45, 7) is 1.75. The minimum Gasteiger partial charge on any atom is -0.480 e. The van der Waals surface area contributed by atoms with Crippen LogP contribution in [-0.2, 0) is 4.79 Å². The molecule has 1 aliphatic rings. The van der Waals surface area contributed by atoms with Gasteiger partial charge in [0.05, 0.1) is 11.6 Å². The SMILES string of the molecule is N#Cc1cc(Br)cc(N2CCNCC2C(=O)O)c1. The van der Waals surface area contributed by atoms with E-state index in [-0.39, 0.29) is 0 Å². The molecule has 1 atom stereocenters. The Morgan fingerprint density at radius 2 is 2.33 bits per heavy atom. The maximum absolute atomic E-state index is 11.2. The third-order valence-corrected chi connectivity index (χ3v) is 3.33. The highest BCUT2D eigenvalue weighted by atomic mass is 79.9. The number of nitrogens with zero attached hydrogens (tertiary/aromatic N) is 2. The third-order valence-electron chi connectivity index (χ3n) is 2.87.